The number of oxime groups is 1. The standard InChI is InChI=1S/C22H18BrF3N2O/c1-14-12-16(10-11-27-14)21(28-29)13-19(15-6-8-17(23)9-7-15)18-4-2-3-5-20(18)22(24,25)26/h2-12,19,29H,13H2,1H3/b28-21-. The van der Waals surface area contributed by atoms with Crippen molar-refractivity contribution < 1.29 is 18.4 Å². The zero-order chi connectivity index (χ0) is 21.0. The smallest absolute Gasteiger partial charge is 0.411 e. The summed E-state index contributed by atoms with van der Waals surface area (Å²) in [6.45, 7) is 1.80. The van der Waals surface area contributed by atoms with Gasteiger partial charge in [0.25, 0.3) is 0 Å². The Kier molecular flexibility index (Phi) is 6.37. The van der Waals surface area contributed by atoms with Crippen LogP contribution in [-0.4, -0.2) is 15.9 Å². The molecule has 3 aromatic rings. The fraction of sp³-hybridized carbons (Fsp3) is 0.182. The van der Waals surface area contributed by atoms with E-state index in [1.807, 2.05) is 0 Å². The first-order valence-electron chi connectivity index (χ1n) is 8.85. The molecule has 1 heterocycles. The summed E-state index contributed by atoms with van der Waals surface area (Å²) in [6, 6.07) is 16.0. The Labute approximate surface area is 175 Å². The number of nitrogens with zero attached hydrogens (tertiary/aromatic N) is 2. The number of hydrogen-bond donors (Lipinski definition) is 1. The van der Waals surface area contributed by atoms with Crippen LogP contribution in [0.2, 0.25) is 0 Å². The van der Waals surface area contributed by atoms with Gasteiger partial charge in [0.1, 0.15) is 0 Å². The van der Waals surface area contributed by atoms with Crippen molar-refractivity contribution in [3.05, 3.63) is 99.3 Å². The van der Waals surface area contributed by atoms with Crippen LogP contribution in [-0.2, 0) is 6.18 Å². The van der Waals surface area contributed by atoms with Gasteiger partial charge in [0.15, 0.2) is 0 Å². The Morgan fingerprint density at radius 1 is 1.10 bits per heavy atom. The number of hydrogen-bond acceptors (Lipinski definition) is 3. The summed E-state index contributed by atoms with van der Waals surface area (Å²) < 4.78 is 41.9. The molecule has 0 aliphatic heterocycles. The van der Waals surface area contributed by atoms with Crippen LogP contribution < -0.4 is 0 Å². The topological polar surface area (TPSA) is 45.5 Å². The van der Waals surface area contributed by atoms with Crippen molar-refractivity contribution in [2.75, 3.05) is 0 Å². The number of aromatic nitrogens is 1. The molecule has 0 saturated carbocycles. The molecule has 2 aromatic carbocycles. The van der Waals surface area contributed by atoms with Crippen LogP contribution in [0.15, 0.2) is 76.5 Å². The molecule has 0 amide bonds. The monoisotopic (exact) mass is 462 g/mol. The average Bonchev–Trinajstić information content (AvgIpc) is 2.69. The second-order valence-corrected chi connectivity index (χ2v) is 7.54. The maximum absolute atomic E-state index is 13.7. The first-order chi connectivity index (χ1) is 13.8. The van der Waals surface area contributed by atoms with Crippen LogP contribution in [0, 0.1) is 6.92 Å². The molecule has 7 heteroatoms. The molecule has 0 aliphatic rings. The van der Waals surface area contributed by atoms with E-state index in [2.05, 4.69) is 26.1 Å². The molecule has 0 fully saturated rings. The third-order valence-corrected chi connectivity index (χ3v) is 5.19. The van der Waals surface area contributed by atoms with Crippen molar-refractivity contribution in [2.45, 2.75) is 25.4 Å². The largest absolute Gasteiger partial charge is 0.416 e. The van der Waals surface area contributed by atoms with Crippen molar-refractivity contribution in [1.29, 1.82) is 0 Å². The first-order valence-corrected chi connectivity index (χ1v) is 9.64. The Morgan fingerprint density at radius 3 is 2.41 bits per heavy atom. The van der Waals surface area contributed by atoms with E-state index in [-0.39, 0.29) is 12.0 Å². The van der Waals surface area contributed by atoms with Gasteiger partial charge in [-0.05, 0) is 48.4 Å². The van der Waals surface area contributed by atoms with Gasteiger partial charge in [0.05, 0.1) is 11.3 Å². The number of benzene rings is 2. The Bertz CT molecular complexity index is 1020. The van der Waals surface area contributed by atoms with Crippen LogP contribution in [0.5, 0.6) is 0 Å². The van der Waals surface area contributed by atoms with Crippen molar-refractivity contribution in [2.24, 2.45) is 5.16 Å². The predicted molar refractivity (Wildman–Crippen MR) is 109 cm³/mol. The molecule has 0 radical (unpaired) electrons. The normalized spacial score (nSPS) is 13.3. The molecular weight excluding hydrogens is 445 g/mol. The molecule has 0 bridgehead atoms. The second kappa shape index (κ2) is 8.78. The minimum Gasteiger partial charge on any atom is -0.411 e. The van der Waals surface area contributed by atoms with Crippen molar-refractivity contribution in [3.63, 3.8) is 0 Å². The van der Waals surface area contributed by atoms with Crippen LogP contribution in [0.25, 0.3) is 0 Å². The molecule has 1 unspecified atom stereocenters. The maximum atomic E-state index is 13.7. The van der Waals surface area contributed by atoms with E-state index >= 15 is 0 Å². The van der Waals surface area contributed by atoms with Crippen LogP contribution >= 0.6 is 15.9 Å². The van der Waals surface area contributed by atoms with Gasteiger partial charge in [-0.25, -0.2) is 0 Å². The average molecular weight is 463 g/mol. The van der Waals surface area contributed by atoms with Crippen LogP contribution in [0.4, 0.5) is 13.2 Å². The van der Waals surface area contributed by atoms with Crippen LogP contribution in [0.3, 0.4) is 0 Å². The number of halogens is 4. The summed E-state index contributed by atoms with van der Waals surface area (Å²) in [5.74, 6) is -0.653. The summed E-state index contributed by atoms with van der Waals surface area (Å²) in [7, 11) is 0. The Morgan fingerprint density at radius 2 is 1.79 bits per heavy atom. The quantitative estimate of drug-likeness (QED) is 0.264. The number of rotatable bonds is 5. The van der Waals surface area contributed by atoms with Crippen molar-refractivity contribution in [3.8, 4) is 0 Å². The van der Waals surface area contributed by atoms with Gasteiger partial charge >= 0.3 is 6.18 Å². The SMILES string of the molecule is Cc1cc(/C(CC(c2ccc(Br)cc2)c2ccccc2C(F)(F)F)=N\O)ccn1. The van der Waals surface area contributed by atoms with Gasteiger partial charge in [-0.2, -0.15) is 13.2 Å². The van der Waals surface area contributed by atoms with Gasteiger partial charge < -0.3 is 5.21 Å². The molecule has 29 heavy (non-hydrogen) atoms. The second-order valence-electron chi connectivity index (χ2n) is 6.63. The predicted octanol–water partition coefficient (Wildman–Crippen LogP) is 6.57. The van der Waals surface area contributed by atoms with E-state index in [1.54, 1.807) is 55.6 Å². The lowest BCUT2D eigenvalue weighted by molar-refractivity contribution is -0.138. The summed E-state index contributed by atoms with van der Waals surface area (Å²) in [5.41, 5.74) is 1.76. The highest BCUT2D eigenvalue weighted by Crippen LogP contribution is 2.39. The summed E-state index contributed by atoms with van der Waals surface area (Å²) in [6.07, 6.45) is -2.82. The molecule has 0 spiro atoms. The van der Waals surface area contributed by atoms with E-state index in [9.17, 15) is 18.4 Å². The molecule has 1 atom stereocenters. The third-order valence-electron chi connectivity index (χ3n) is 4.66. The Balaban J connectivity index is 2.11. The van der Waals surface area contributed by atoms with Gasteiger partial charge in [-0.1, -0.05) is 51.4 Å². The Hall–Kier alpha value is -2.67. The van der Waals surface area contributed by atoms with Crippen LogP contribution in [0.1, 0.15) is 40.3 Å². The lowest BCUT2D eigenvalue weighted by Crippen LogP contribution is -2.16. The molecule has 0 saturated heterocycles. The molecule has 1 aromatic heterocycles. The van der Waals surface area contributed by atoms with Gasteiger partial charge in [0, 0.05) is 34.3 Å². The van der Waals surface area contributed by atoms with E-state index in [4.69, 9.17) is 0 Å². The molecule has 1 N–H and O–H groups in total. The third kappa shape index (κ3) is 5.03. The minimum absolute atomic E-state index is 0.0919. The fourth-order valence-electron chi connectivity index (χ4n) is 3.30. The maximum Gasteiger partial charge on any atom is 0.416 e. The number of pyridine rings is 1. The van der Waals surface area contributed by atoms with E-state index in [1.165, 1.54) is 12.1 Å². The number of aryl methyl sites for hydroxylation is 1. The van der Waals surface area contributed by atoms with Crippen molar-refractivity contribution in [1.82, 2.24) is 4.98 Å². The summed E-state index contributed by atoms with van der Waals surface area (Å²) >= 11 is 3.36. The zero-order valence-electron chi connectivity index (χ0n) is 15.5. The molecule has 0 aliphatic carbocycles. The molecule has 3 rings (SSSR count). The summed E-state index contributed by atoms with van der Waals surface area (Å²) in [5, 5.41) is 13.0. The zero-order valence-corrected chi connectivity index (χ0v) is 17.1. The highest BCUT2D eigenvalue weighted by Gasteiger charge is 2.35. The van der Waals surface area contributed by atoms with Gasteiger partial charge in [0.2, 0.25) is 0 Å². The molecule has 3 nitrogen and oxygen atoms in total. The highest BCUT2D eigenvalue weighted by atomic mass is 79.9. The molecular formula is C22H18BrF3N2O. The minimum atomic E-state index is -4.49. The summed E-state index contributed by atoms with van der Waals surface area (Å²) in [4.78, 5) is 4.12. The van der Waals surface area contributed by atoms with E-state index in [0.29, 0.717) is 16.8 Å². The lowest BCUT2D eigenvalue weighted by Gasteiger charge is -2.23. The number of alkyl halides is 3. The van der Waals surface area contributed by atoms with Gasteiger partial charge in [-0.15, -0.1) is 0 Å². The van der Waals surface area contributed by atoms with E-state index in [0.717, 1.165) is 16.2 Å². The first kappa shape index (κ1) is 21.0. The van der Waals surface area contributed by atoms with Crippen molar-refractivity contribution >= 4 is 21.6 Å². The van der Waals surface area contributed by atoms with E-state index < -0.39 is 17.7 Å². The molecule has 150 valence electrons. The lowest BCUT2D eigenvalue weighted by atomic mass is 9.83. The van der Waals surface area contributed by atoms with Gasteiger partial charge in [-0.3, -0.25) is 4.98 Å². The highest BCUT2D eigenvalue weighted by molar-refractivity contribution is 9.10. The fourth-order valence-corrected chi connectivity index (χ4v) is 3.56.